The fraction of sp³-hybridized carbons (Fsp3) is 0.333. The molecule has 0 aromatic heterocycles. The van der Waals surface area contributed by atoms with Crippen molar-refractivity contribution in [2.24, 2.45) is 0 Å². The molecule has 1 N–H and O–H groups in total. The summed E-state index contributed by atoms with van der Waals surface area (Å²) in [6.45, 7) is 5.42. The zero-order valence-electron chi connectivity index (χ0n) is 14.0. The van der Waals surface area contributed by atoms with E-state index in [-0.39, 0.29) is 6.10 Å². The third-order valence-electron chi connectivity index (χ3n) is 3.78. The van der Waals surface area contributed by atoms with E-state index in [1.807, 2.05) is 60.7 Å². The van der Waals surface area contributed by atoms with Gasteiger partial charge in [0.2, 0.25) is 0 Å². The molecule has 0 aliphatic heterocycles. The molecule has 3 heteroatoms. The Kier molecular flexibility index (Phi) is 8.25. The highest BCUT2D eigenvalue weighted by molar-refractivity contribution is 5.14. The summed E-state index contributed by atoms with van der Waals surface area (Å²) in [4.78, 5) is 0. The minimum absolute atomic E-state index is 0.158. The second kappa shape index (κ2) is 10.8. The van der Waals surface area contributed by atoms with Crippen molar-refractivity contribution >= 4 is 0 Å². The lowest BCUT2D eigenvalue weighted by molar-refractivity contribution is 0.0153. The monoisotopic (exact) mass is 326 g/mol. The largest absolute Gasteiger partial charge is 0.393 e. The van der Waals surface area contributed by atoms with Crippen molar-refractivity contribution in [1.29, 1.82) is 0 Å². The van der Waals surface area contributed by atoms with Crippen LogP contribution in [0.15, 0.2) is 73.3 Å². The Labute approximate surface area is 144 Å². The van der Waals surface area contributed by atoms with E-state index in [0.29, 0.717) is 32.7 Å². The van der Waals surface area contributed by atoms with Gasteiger partial charge >= 0.3 is 0 Å². The predicted octanol–water partition coefficient (Wildman–Crippen LogP) is 4.12. The lowest BCUT2D eigenvalue weighted by Crippen LogP contribution is -2.20. The molecule has 0 amide bonds. The average molecular weight is 326 g/mol. The molecule has 0 saturated carbocycles. The maximum absolute atomic E-state index is 10.1. The van der Waals surface area contributed by atoms with E-state index in [1.165, 1.54) is 0 Å². The van der Waals surface area contributed by atoms with Gasteiger partial charge in [-0.1, -0.05) is 66.7 Å². The van der Waals surface area contributed by atoms with Gasteiger partial charge in [-0.2, -0.15) is 0 Å². The van der Waals surface area contributed by atoms with Crippen molar-refractivity contribution in [3.8, 4) is 0 Å². The fourth-order valence-corrected chi connectivity index (χ4v) is 2.38. The summed E-state index contributed by atoms with van der Waals surface area (Å²) < 4.78 is 11.4. The second-order valence-corrected chi connectivity index (χ2v) is 5.79. The third kappa shape index (κ3) is 7.09. The molecule has 128 valence electrons. The van der Waals surface area contributed by atoms with E-state index >= 15 is 0 Å². The summed E-state index contributed by atoms with van der Waals surface area (Å²) in [7, 11) is 0. The second-order valence-electron chi connectivity index (χ2n) is 5.79. The maximum Gasteiger partial charge on any atom is 0.0782 e. The molecule has 0 spiro atoms. The molecule has 2 aromatic rings. The van der Waals surface area contributed by atoms with E-state index in [4.69, 9.17) is 9.47 Å². The Morgan fingerprint density at radius 1 is 0.917 bits per heavy atom. The first-order valence-electron chi connectivity index (χ1n) is 8.35. The zero-order valence-corrected chi connectivity index (χ0v) is 14.0. The molecular weight excluding hydrogens is 300 g/mol. The van der Waals surface area contributed by atoms with Gasteiger partial charge in [-0.15, -0.1) is 6.58 Å². The van der Waals surface area contributed by atoms with Crippen molar-refractivity contribution in [2.45, 2.75) is 38.3 Å². The summed E-state index contributed by atoms with van der Waals surface area (Å²) in [5.74, 6) is 0. The number of hydrogen-bond acceptors (Lipinski definition) is 3. The van der Waals surface area contributed by atoms with Crippen molar-refractivity contribution < 1.29 is 14.6 Å². The predicted molar refractivity (Wildman–Crippen MR) is 96.6 cm³/mol. The van der Waals surface area contributed by atoms with Gasteiger partial charge in [0.15, 0.2) is 0 Å². The zero-order chi connectivity index (χ0) is 17.0. The van der Waals surface area contributed by atoms with E-state index in [0.717, 1.165) is 11.1 Å². The highest BCUT2D eigenvalue weighted by atomic mass is 16.5. The molecule has 2 aromatic carbocycles. The lowest BCUT2D eigenvalue weighted by atomic mass is 10.1. The molecule has 0 aliphatic carbocycles. The first kappa shape index (κ1) is 18.4. The summed E-state index contributed by atoms with van der Waals surface area (Å²) >= 11 is 0. The van der Waals surface area contributed by atoms with E-state index < -0.39 is 6.10 Å². The normalized spacial score (nSPS) is 13.4. The van der Waals surface area contributed by atoms with Crippen LogP contribution in [0.5, 0.6) is 0 Å². The van der Waals surface area contributed by atoms with Gasteiger partial charge < -0.3 is 14.6 Å². The fourth-order valence-electron chi connectivity index (χ4n) is 2.38. The van der Waals surface area contributed by atoms with E-state index in [9.17, 15) is 5.11 Å². The molecule has 0 radical (unpaired) electrons. The number of ether oxygens (including phenoxy) is 2. The first-order valence-corrected chi connectivity index (χ1v) is 8.35. The minimum atomic E-state index is -0.459. The Morgan fingerprint density at radius 3 is 2.08 bits per heavy atom. The van der Waals surface area contributed by atoms with Crippen LogP contribution >= 0.6 is 0 Å². The molecule has 2 atom stereocenters. The van der Waals surface area contributed by atoms with Crippen LogP contribution < -0.4 is 0 Å². The minimum Gasteiger partial charge on any atom is -0.393 e. The van der Waals surface area contributed by atoms with Gasteiger partial charge in [0.05, 0.1) is 25.4 Å². The van der Waals surface area contributed by atoms with Crippen molar-refractivity contribution in [3.05, 3.63) is 84.4 Å². The number of hydrogen-bond donors (Lipinski definition) is 1. The standard InChI is InChI=1S/C21H26O3/c1-2-21(24-17-19-11-7-4-8-12-19)15-20(22)13-14-23-16-18-9-5-3-6-10-18/h2-12,20-22H,1,13-17H2/t20-,21+/m1/s1. The molecule has 0 saturated heterocycles. The SMILES string of the molecule is C=C[C@@H](C[C@H](O)CCOCc1ccccc1)OCc1ccccc1. The smallest absolute Gasteiger partial charge is 0.0782 e. The lowest BCUT2D eigenvalue weighted by Gasteiger charge is -2.18. The molecule has 0 aliphatic rings. The molecular formula is C21H26O3. The molecule has 0 bridgehead atoms. The summed E-state index contributed by atoms with van der Waals surface area (Å²) in [6.07, 6.45) is 2.25. The number of aliphatic hydroxyl groups excluding tert-OH is 1. The quantitative estimate of drug-likeness (QED) is 0.499. The van der Waals surface area contributed by atoms with Gasteiger partial charge in [-0.25, -0.2) is 0 Å². The van der Waals surface area contributed by atoms with Gasteiger partial charge in [0.25, 0.3) is 0 Å². The van der Waals surface area contributed by atoms with Crippen LogP contribution in [0.4, 0.5) is 0 Å². The van der Waals surface area contributed by atoms with Crippen LogP contribution in [-0.4, -0.2) is 23.9 Å². The topological polar surface area (TPSA) is 38.7 Å². The molecule has 0 fully saturated rings. The Balaban J connectivity index is 1.62. The van der Waals surface area contributed by atoms with Crippen LogP contribution in [-0.2, 0) is 22.7 Å². The third-order valence-corrected chi connectivity index (χ3v) is 3.78. The van der Waals surface area contributed by atoms with Crippen LogP contribution in [0.2, 0.25) is 0 Å². The van der Waals surface area contributed by atoms with Crippen LogP contribution in [0.3, 0.4) is 0 Å². The molecule has 24 heavy (non-hydrogen) atoms. The van der Waals surface area contributed by atoms with Gasteiger partial charge in [-0.3, -0.25) is 0 Å². The van der Waals surface area contributed by atoms with Gasteiger partial charge in [0.1, 0.15) is 0 Å². The van der Waals surface area contributed by atoms with Crippen molar-refractivity contribution in [2.75, 3.05) is 6.61 Å². The Bertz CT molecular complexity index is 568. The number of aliphatic hydroxyl groups is 1. The van der Waals surface area contributed by atoms with Gasteiger partial charge in [0, 0.05) is 13.0 Å². The Morgan fingerprint density at radius 2 is 1.50 bits per heavy atom. The molecule has 0 heterocycles. The van der Waals surface area contributed by atoms with Crippen molar-refractivity contribution in [3.63, 3.8) is 0 Å². The first-order chi connectivity index (χ1) is 11.8. The molecule has 3 nitrogen and oxygen atoms in total. The Hall–Kier alpha value is -1.94. The maximum atomic E-state index is 10.1. The summed E-state index contributed by atoms with van der Waals surface area (Å²) in [5.41, 5.74) is 2.26. The summed E-state index contributed by atoms with van der Waals surface area (Å²) in [5, 5.41) is 10.1. The molecule has 0 unspecified atom stereocenters. The number of benzene rings is 2. The average Bonchev–Trinajstić information content (AvgIpc) is 2.64. The van der Waals surface area contributed by atoms with Crippen LogP contribution in [0.1, 0.15) is 24.0 Å². The number of rotatable bonds is 11. The van der Waals surface area contributed by atoms with Crippen LogP contribution in [0, 0.1) is 0 Å². The highest BCUT2D eigenvalue weighted by Crippen LogP contribution is 2.11. The van der Waals surface area contributed by atoms with Gasteiger partial charge in [-0.05, 0) is 17.5 Å². The summed E-state index contributed by atoms with van der Waals surface area (Å²) in [6, 6.07) is 20.0. The molecule has 2 rings (SSSR count). The van der Waals surface area contributed by atoms with E-state index in [1.54, 1.807) is 6.08 Å². The van der Waals surface area contributed by atoms with E-state index in [2.05, 4.69) is 6.58 Å². The highest BCUT2D eigenvalue weighted by Gasteiger charge is 2.12. The van der Waals surface area contributed by atoms with Crippen LogP contribution in [0.25, 0.3) is 0 Å². The van der Waals surface area contributed by atoms with Crippen molar-refractivity contribution in [1.82, 2.24) is 0 Å².